The van der Waals surface area contributed by atoms with E-state index in [2.05, 4.69) is 98.0 Å². The highest BCUT2D eigenvalue weighted by molar-refractivity contribution is 6.74. The first-order valence-electron chi connectivity index (χ1n) is 11.0. The molecule has 1 aliphatic heterocycles. The molecule has 0 aliphatic carbocycles. The van der Waals surface area contributed by atoms with Gasteiger partial charge in [0.15, 0.2) is 5.60 Å². The van der Waals surface area contributed by atoms with E-state index in [1.165, 1.54) is 0 Å². The second-order valence-electron chi connectivity index (χ2n) is 10.7. The number of rotatable bonds is 6. The molecule has 1 atom stereocenters. The van der Waals surface area contributed by atoms with Gasteiger partial charge in [-0.25, -0.2) is 4.89 Å². The minimum absolute atomic E-state index is 0.162. The molecule has 4 nitrogen and oxygen atoms in total. The molecule has 2 aromatic carbocycles. The van der Waals surface area contributed by atoms with Crippen molar-refractivity contribution < 1.29 is 18.9 Å². The molecule has 0 radical (unpaired) electrons. The van der Waals surface area contributed by atoms with Crippen molar-refractivity contribution in [2.75, 3.05) is 7.11 Å². The first-order chi connectivity index (χ1) is 13.8. The number of fused-ring (bicyclic) bond motifs is 1. The van der Waals surface area contributed by atoms with Crippen molar-refractivity contribution in [3.63, 3.8) is 0 Å². The zero-order chi connectivity index (χ0) is 22.5. The Balaban J connectivity index is 2.00. The van der Waals surface area contributed by atoms with Gasteiger partial charge in [-0.15, -0.1) is 0 Å². The fourth-order valence-corrected chi connectivity index (χ4v) is 5.38. The summed E-state index contributed by atoms with van der Waals surface area (Å²) in [4.78, 5) is 11.5. The lowest BCUT2D eigenvalue weighted by atomic mass is 9.70. The highest BCUT2D eigenvalue weighted by Gasteiger charge is 2.69. The van der Waals surface area contributed by atoms with Crippen LogP contribution in [0.3, 0.4) is 0 Å². The molecule has 166 valence electrons. The van der Waals surface area contributed by atoms with Crippen LogP contribution in [0.5, 0.6) is 5.75 Å². The molecule has 1 saturated heterocycles. The third-order valence-electron chi connectivity index (χ3n) is 7.19. The summed E-state index contributed by atoms with van der Waals surface area (Å²) >= 11 is 0. The Morgan fingerprint density at radius 3 is 1.90 bits per heavy atom. The maximum absolute atomic E-state index is 6.49. The van der Waals surface area contributed by atoms with Gasteiger partial charge in [-0.05, 0) is 58.9 Å². The SMILES string of the molecule is COC1(c2ccc3cc(O[Si](C)(C)C(C)(C)C)ccc3c2)OOC1(C(C)C)C(C)C. The van der Waals surface area contributed by atoms with E-state index in [0.29, 0.717) is 0 Å². The summed E-state index contributed by atoms with van der Waals surface area (Å²) in [6, 6.07) is 12.7. The van der Waals surface area contributed by atoms with Crippen molar-refractivity contribution in [2.24, 2.45) is 11.8 Å². The van der Waals surface area contributed by atoms with Crippen LogP contribution in [0.25, 0.3) is 10.8 Å². The Bertz CT molecular complexity index is 901. The smallest absolute Gasteiger partial charge is 0.260 e. The number of hydrogen-bond acceptors (Lipinski definition) is 4. The van der Waals surface area contributed by atoms with E-state index in [4.69, 9.17) is 18.9 Å². The van der Waals surface area contributed by atoms with E-state index in [0.717, 1.165) is 22.1 Å². The van der Waals surface area contributed by atoms with Crippen molar-refractivity contribution >= 4 is 19.1 Å². The Kier molecular flexibility index (Phi) is 5.91. The standard InChI is InChI=1S/C25H38O4Si/c1-17(2)24(18(3)4)25(26-8,29-28-24)21-13-11-20-16-22(14-12-19(20)15-21)27-30(9,10)23(5,6)7/h11-18H,1-10H3. The van der Waals surface area contributed by atoms with Crippen molar-refractivity contribution in [3.8, 4) is 5.75 Å². The summed E-state index contributed by atoms with van der Waals surface area (Å²) in [7, 11) is -0.180. The number of methoxy groups -OCH3 is 1. The second kappa shape index (κ2) is 7.63. The lowest BCUT2D eigenvalue weighted by Gasteiger charge is -2.59. The molecule has 0 aromatic heterocycles. The minimum atomic E-state index is -1.88. The largest absolute Gasteiger partial charge is 0.543 e. The van der Waals surface area contributed by atoms with Crippen LogP contribution in [0.2, 0.25) is 18.1 Å². The van der Waals surface area contributed by atoms with Crippen LogP contribution in [-0.2, 0) is 20.3 Å². The van der Waals surface area contributed by atoms with Gasteiger partial charge in [-0.2, -0.15) is 4.89 Å². The van der Waals surface area contributed by atoms with Crippen LogP contribution in [0, 0.1) is 11.8 Å². The van der Waals surface area contributed by atoms with Crippen molar-refractivity contribution in [1.82, 2.24) is 0 Å². The van der Waals surface area contributed by atoms with E-state index in [-0.39, 0.29) is 16.9 Å². The molecule has 0 spiro atoms. The molecule has 1 heterocycles. The predicted octanol–water partition coefficient (Wildman–Crippen LogP) is 7.04. The molecular weight excluding hydrogens is 392 g/mol. The first kappa shape index (κ1) is 23.3. The molecule has 3 rings (SSSR count). The Morgan fingerprint density at radius 1 is 0.867 bits per heavy atom. The van der Waals surface area contributed by atoms with Crippen LogP contribution in [0.1, 0.15) is 54.0 Å². The molecule has 1 aliphatic rings. The molecule has 0 amide bonds. The fraction of sp³-hybridized carbons (Fsp3) is 0.600. The summed E-state index contributed by atoms with van der Waals surface area (Å²) in [6.07, 6.45) is 0. The normalized spacial score (nSPS) is 21.9. The fourth-order valence-electron chi connectivity index (χ4n) is 4.36. The van der Waals surface area contributed by atoms with E-state index < -0.39 is 19.7 Å². The van der Waals surface area contributed by atoms with Gasteiger partial charge in [0, 0.05) is 12.7 Å². The summed E-state index contributed by atoms with van der Waals surface area (Å²) in [6.45, 7) is 19.9. The van der Waals surface area contributed by atoms with E-state index >= 15 is 0 Å². The van der Waals surface area contributed by atoms with Crippen LogP contribution < -0.4 is 4.43 Å². The lowest BCUT2D eigenvalue weighted by molar-refractivity contribution is -0.634. The highest BCUT2D eigenvalue weighted by Crippen LogP contribution is 2.57. The molecule has 0 N–H and O–H groups in total. The quantitative estimate of drug-likeness (QED) is 0.364. The van der Waals surface area contributed by atoms with Crippen LogP contribution in [0.4, 0.5) is 0 Å². The summed E-state index contributed by atoms with van der Waals surface area (Å²) in [5.41, 5.74) is 0.435. The van der Waals surface area contributed by atoms with Crippen molar-refractivity contribution in [2.45, 2.75) is 78.0 Å². The van der Waals surface area contributed by atoms with Crippen molar-refractivity contribution in [3.05, 3.63) is 42.0 Å². The van der Waals surface area contributed by atoms with Gasteiger partial charge < -0.3 is 9.16 Å². The van der Waals surface area contributed by atoms with E-state index in [9.17, 15) is 0 Å². The minimum Gasteiger partial charge on any atom is -0.543 e. The van der Waals surface area contributed by atoms with Crippen LogP contribution in [0.15, 0.2) is 36.4 Å². The zero-order valence-electron chi connectivity index (χ0n) is 20.3. The lowest BCUT2D eigenvalue weighted by Crippen LogP contribution is -2.70. The zero-order valence-corrected chi connectivity index (χ0v) is 21.3. The number of hydrogen-bond donors (Lipinski definition) is 0. The molecule has 0 bridgehead atoms. The summed E-state index contributed by atoms with van der Waals surface area (Å²) in [5, 5.41) is 2.43. The molecular formula is C25H38O4Si. The van der Waals surface area contributed by atoms with Gasteiger partial charge >= 0.3 is 0 Å². The van der Waals surface area contributed by atoms with Gasteiger partial charge in [0.05, 0.1) is 0 Å². The molecule has 2 aromatic rings. The monoisotopic (exact) mass is 430 g/mol. The van der Waals surface area contributed by atoms with Gasteiger partial charge in [-0.1, -0.05) is 66.7 Å². The molecule has 1 unspecified atom stereocenters. The Labute approximate surface area is 182 Å². The van der Waals surface area contributed by atoms with Crippen LogP contribution in [-0.4, -0.2) is 21.0 Å². The molecule has 5 heteroatoms. The molecule has 30 heavy (non-hydrogen) atoms. The first-order valence-corrected chi connectivity index (χ1v) is 13.9. The summed E-state index contributed by atoms with van der Waals surface area (Å²) in [5.74, 6) is 0.467. The van der Waals surface area contributed by atoms with Gasteiger partial charge in [0.2, 0.25) is 8.32 Å². The van der Waals surface area contributed by atoms with Gasteiger partial charge in [0.25, 0.3) is 5.79 Å². The molecule has 1 fully saturated rings. The van der Waals surface area contributed by atoms with Gasteiger partial charge in [0.1, 0.15) is 5.75 Å². The predicted molar refractivity (Wildman–Crippen MR) is 125 cm³/mol. The van der Waals surface area contributed by atoms with Crippen molar-refractivity contribution in [1.29, 1.82) is 0 Å². The highest BCUT2D eigenvalue weighted by atomic mass is 28.4. The topological polar surface area (TPSA) is 36.9 Å². The third-order valence-corrected chi connectivity index (χ3v) is 11.5. The Hall–Kier alpha value is -1.40. The second-order valence-corrected chi connectivity index (χ2v) is 15.4. The average molecular weight is 431 g/mol. The maximum atomic E-state index is 6.49. The molecule has 0 saturated carbocycles. The third kappa shape index (κ3) is 3.40. The maximum Gasteiger partial charge on any atom is 0.260 e. The van der Waals surface area contributed by atoms with E-state index in [1.807, 2.05) is 0 Å². The number of benzene rings is 2. The van der Waals surface area contributed by atoms with E-state index in [1.54, 1.807) is 7.11 Å². The number of ether oxygens (including phenoxy) is 1. The average Bonchev–Trinajstić information content (AvgIpc) is 2.60. The van der Waals surface area contributed by atoms with Crippen LogP contribution >= 0.6 is 0 Å². The Morgan fingerprint density at radius 2 is 1.43 bits per heavy atom. The van der Waals surface area contributed by atoms with Gasteiger partial charge in [-0.3, -0.25) is 0 Å². The summed E-state index contributed by atoms with van der Waals surface area (Å²) < 4.78 is 12.5.